The van der Waals surface area contributed by atoms with Crippen molar-refractivity contribution in [2.75, 3.05) is 36.4 Å². The first kappa shape index (κ1) is 17.8. The number of carbonyl (C=O) groups is 2. The zero-order chi connectivity index (χ0) is 18.5. The fraction of sp³-hybridized carbons (Fsp3) is 0.368. The molecule has 7 nitrogen and oxygen atoms in total. The van der Waals surface area contributed by atoms with E-state index >= 15 is 0 Å². The number of aromatic nitrogens is 2. The summed E-state index contributed by atoms with van der Waals surface area (Å²) in [5.41, 5.74) is 1.82. The van der Waals surface area contributed by atoms with Crippen molar-refractivity contribution in [3.05, 3.63) is 48.3 Å². The molecule has 2 heterocycles. The topological polar surface area (TPSA) is 78.4 Å². The van der Waals surface area contributed by atoms with Gasteiger partial charge in [0, 0.05) is 44.3 Å². The monoisotopic (exact) mass is 353 g/mol. The van der Waals surface area contributed by atoms with Crippen LogP contribution in [0.3, 0.4) is 0 Å². The molecule has 1 saturated heterocycles. The van der Waals surface area contributed by atoms with Crippen LogP contribution in [0.2, 0.25) is 0 Å². The van der Waals surface area contributed by atoms with Gasteiger partial charge in [0.2, 0.25) is 5.95 Å². The van der Waals surface area contributed by atoms with Crippen LogP contribution in [0.25, 0.3) is 0 Å². The predicted octanol–water partition coefficient (Wildman–Crippen LogP) is 1.89. The molecule has 1 aliphatic rings. The standard InChI is InChI=1S/C19H23N5O2/c1-14(2)15-4-6-16(7-5-15)22-17(25)18(26)23-10-12-24(13-11-23)19-20-8-3-9-21-19/h3-9,14H,10-13H2,1-2H3,(H,22,25). The predicted molar refractivity (Wildman–Crippen MR) is 100.0 cm³/mol. The van der Waals surface area contributed by atoms with E-state index in [2.05, 4.69) is 29.1 Å². The zero-order valence-electron chi connectivity index (χ0n) is 15.1. The van der Waals surface area contributed by atoms with Crippen LogP contribution < -0.4 is 10.2 Å². The van der Waals surface area contributed by atoms with Crippen molar-refractivity contribution < 1.29 is 9.59 Å². The number of anilines is 2. The number of piperazine rings is 1. The number of benzene rings is 1. The number of carbonyl (C=O) groups excluding carboxylic acids is 2. The summed E-state index contributed by atoms with van der Waals surface area (Å²) in [6, 6.07) is 9.34. The average Bonchev–Trinajstić information content (AvgIpc) is 2.68. The summed E-state index contributed by atoms with van der Waals surface area (Å²) in [6.07, 6.45) is 3.38. The lowest BCUT2D eigenvalue weighted by atomic mass is 10.0. The molecule has 1 aromatic carbocycles. The number of hydrogen-bond donors (Lipinski definition) is 1. The Morgan fingerprint density at radius 2 is 1.62 bits per heavy atom. The van der Waals surface area contributed by atoms with Gasteiger partial charge in [0.25, 0.3) is 0 Å². The third-order valence-electron chi connectivity index (χ3n) is 4.43. The largest absolute Gasteiger partial charge is 0.337 e. The molecule has 136 valence electrons. The van der Waals surface area contributed by atoms with Crippen LogP contribution in [0.1, 0.15) is 25.3 Å². The summed E-state index contributed by atoms with van der Waals surface area (Å²) in [7, 11) is 0. The molecule has 0 bridgehead atoms. The Labute approximate surface area is 153 Å². The lowest BCUT2D eigenvalue weighted by Crippen LogP contribution is -2.52. The van der Waals surface area contributed by atoms with Gasteiger partial charge in [-0.2, -0.15) is 0 Å². The van der Waals surface area contributed by atoms with E-state index in [9.17, 15) is 9.59 Å². The van der Waals surface area contributed by atoms with E-state index in [-0.39, 0.29) is 0 Å². The van der Waals surface area contributed by atoms with Crippen molar-refractivity contribution in [3.8, 4) is 0 Å². The van der Waals surface area contributed by atoms with Gasteiger partial charge in [-0.05, 0) is 29.7 Å². The van der Waals surface area contributed by atoms with Crippen LogP contribution in [0.5, 0.6) is 0 Å². The van der Waals surface area contributed by atoms with E-state index in [4.69, 9.17) is 0 Å². The molecule has 2 amide bonds. The number of amides is 2. The highest BCUT2D eigenvalue weighted by Gasteiger charge is 2.26. The summed E-state index contributed by atoms with van der Waals surface area (Å²) >= 11 is 0. The molecule has 0 spiro atoms. The zero-order valence-corrected chi connectivity index (χ0v) is 15.1. The van der Waals surface area contributed by atoms with Gasteiger partial charge in [0.1, 0.15) is 0 Å². The molecule has 0 aliphatic carbocycles. The second-order valence-electron chi connectivity index (χ2n) is 6.56. The van der Waals surface area contributed by atoms with Crippen molar-refractivity contribution in [2.45, 2.75) is 19.8 Å². The Hall–Kier alpha value is -2.96. The summed E-state index contributed by atoms with van der Waals surface area (Å²) in [6.45, 7) is 6.36. The summed E-state index contributed by atoms with van der Waals surface area (Å²) < 4.78 is 0. The Morgan fingerprint density at radius 3 is 2.19 bits per heavy atom. The second-order valence-corrected chi connectivity index (χ2v) is 6.56. The molecule has 0 saturated carbocycles. The Kier molecular flexibility index (Phi) is 5.46. The minimum absolute atomic E-state index is 0.422. The molecule has 1 aliphatic heterocycles. The van der Waals surface area contributed by atoms with Gasteiger partial charge < -0.3 is 15.1 Å². The van der Waals surface area contributed by atoms with E-state index in [1.165, 1.54) is 5.56 Å². The molecular weight excluding hydrogens is 330 g/mol. The second kappa shape index (κ2) is 7.95. The lowest BCUT2D eigenvalue weighted by Gasteiger charge is -2.34. The molecule has 0 unspecified atom stereocenters. The van der Waals surface area contributed by atoms with Gasteiger partial charge >= 0.3 is 11.8 Å². The van der Waals surface area contributed by atoms with Gasteiger partial charge in [0.05, 0.1) is 0 Å². The van der Waals surface area contributed by atoms with E-state index in [1.54, 1.807) is 23.4 Å². The van der Waals surface area contributed by atoms with Gasteiger partial charge in [-0.15, -0.1) is 0 Å². The quantitative estimate of drug-likeness (QED) is 0.853. The van der Waals surface area contributed by atoms with Crippen LogP contribution in [-0.4, -0.2) is 52.9 Å². The third-order valence-corrected chi connectivity index (χ3v) is 4.43. The lowest BCUT2D eigenvalue weighted by molar-refractivity contribution is -0.143. The average molecular weight is 353 g/mol. The molecule has 7 heteroatoms. The summed E-state index contributed by atoms with van der Waals surface area (Å²) in [5, 5.41) is 2.68. The Morgan fingerprint density at radius 1 is 1.00 bits per heavy atom. The smallest absolute Gasteiger partial charge is 0.313 e. The van der Waals surface area contributed by atoms with Crippen LogP contribution in [-0.2, 0) is 9.59 Å². The number of rotatable bonds is 3. The first-order chi connectivity index (χ1) is 12.5. The highest BCUT2D eigenvalue weighted by Crippen LogP contribution is 2.17. The molecular formula is C19H23N5O2. The molecule has 0 radical (unpaired) electrons. The highest BCUT2D eigenvalue weighted by atomic mass is 16.2. The minimum atomic E-state index is -0.605. The number of nitrogens with one attached hydrogen (secondary N) is 1. The first-order valence-electron chi connectivity index (χ1n) is 8.77. The minimum Gasteiger partial charge on any atom is -0.337 e. The molecule has 26 heavy (non-hydrogen) atoms. The van der Waals surface area contributed by atoms with Gasteiger partial charge in [-0.3, -0.25) is 9.59 Å². The molecule has 0 atom stereocenters. The number of hydrogen-bond acceptors (Lipinski definition) is 5. The summed E-state index contributed by atoms with van der Waals surface area (Å²) in [5.74, 6) is -0.0427. The van der Waals surface area contributed by atoms with Gasteiger partial charge in [-0.25, -0.2) is 9.97 Å². The molecule has 2 aromatic rings. The van der Waals surface area contributed by atoms with Crippen LogP contribution >= 0.6 is 0 Å². The van der Waals surface area contributed by atoms with Gasteiger partial charge in [-0.1, -0.05) is 26.0 Å². The normalized spacial score (nSPS) is 14.4. The van der Waals surface area contributed by atoms with Gasteiger partial charge in [0.15, 0.2) is 0 Å². The SMILES string of the molecule is CC(C)c1ccc(NC(=O)C(=O)N2CCN(c3ncccn3)CC2)cc1. The molecule has 3 rings (SSSR count). The van der Waals surface area contributed by atoms with Crippen LogP contribution in [0.15, 0.2) is 42.7 Å². The first-order valence-corrected chi connectivity index (χ1v) is 8.77. The van der Waals surface area contributed by atoms with Crippen molar-refractivity contribution in [2.24, 2.45) is 0 Å². The molecule has 1 N–H and O–H groups in total. The fourth-order valence-electron chi connectivity index (χ4n) is 2.84. The van der Waals surface area contributed by atoms with Crippen molar-refractivity contribution >= 4 is 23.5 Å². The highest BCUT2D eigenvalue weighted by molar-refractivity contribution is 6.39. The Balaban J connectivity index is 1.54. The maximum Gasteiger partial charge on any atom is 0.313 e. The number of nitrogens with zero attached hydrogens (tertiary/aromatic N) is 4. The van der Waals surface area contributed by atoms with E-state index < -0.39 is 11.8 Å². The molecule has 1 aromatic heterocycles. The third kappa shape index (κ3) is 4.17. The summed E-state index contributed by atoms with van der Waals surface area (Å²) in [4.78, 5) is 36.6. The van der Waals surface area contributed by atoms with Crippen LogP contribution in [0.4, 0.5) is 11.6 Å². The van der Waals surface area contributed by atoms with E-state index in [0.717, 1.165) is 0 Å². The van der Waals surface area contributed by atoms with Crippen molar-refractivity contribution in [3.63, 3.8) is 0 Å². The maximum absolute atomic E-state index is 12.4. The van der Waals surface area contributed by atoms with E-state index in [1.807, 2.05) is 29.2 Å². The van der Waals surface area contributed by atoms with Crippen molar-refractivity contribution in [1.82, 2.24) is 14.9 Å². The van der Waals surface area contributed by atoms with Crippen molar-refractivity contribution in [1.29, 1.82) is 0 Å². The Bertz CT molecular complexity index is 753. The van der Waals surface area contributed by atoms with Crippen LogP contribution in [0, 0.1) is 0 Å². The fourth-order valence-corrected chi connectivity index (χ4v) is 2.84. The molecule has 1 fully saturated rings. The maximum atomic E-state index is 12.4. The van der Waals surface area contributed by atoms with E-state index in [0.29, 0.717) is 43.7 Å².